The molecule has 2 amide bonds. The lowest BCUT2D eigenvalue weighted by atomic mass is 9.96. The second-order valence-electron chi connectivity index (χ2n) is 6.07. The number of anilines is 1. The van der Waals surface area contributed by atoms with Crippen molar-refractivity contribution in [2.45, 2.75) is 26.9 Å². The molecule has 0 bridgehead atoms. The van der Waals surface area contributed by atoms with Gasteiger partial charge < -0.3 is 9.47 Å². The number of hydrogen-bond acceptors (Lipinski definition) is 8. The fraction of sp³-hybridized carbons (Fsp3) is 0.389. The van der Waals surface area contributed by atoms with E-state index in [1.54, 1.807) is 0 Å². The number of nitrogens with zero attached hydrogens (tertiary/aromatic N) is 2. The van der Waals surface area contributed by atoms with Crippen LogP contribution in [0.5, 0.6) is 0 Å². The predicted molar refractivity (Wildman–Crippen MR) is 99.2 cm³/mol. The van der Waals surface area contributed by atoms with E-state index in [1.165, 1.54) is 20.8 Å². The fourth-order valence-corrected chi connectivity index (χ4v) is 2.96. The SMILES string of the molecule is CCOC(=O)C(C(=O)OCC)C1=C(C)C(=O)N(Nc2ccc(C(F)(F)F)c(Cl)n2)C1=O. The molecule has 0 radical (unpaired) electrons. The maximum atomic E-state index is 12.8. The van der Waals surface area contributed by atoms with Crippen molar-refractivity contribution in [1.29, 1.82) is 0 Å². The smallest absolute Gasteiger partial charge is 0.419 e. The first-order chi connectivity index (χ1) is 14.4. The third-order valence-corrected chi connectivity index (χ3v) is 4.36. The Kier molecular flexibility index (Phi) is 7.26. The van der Waals surface area contributed by atoms with Crippen molar-refractivity contribution >= 4 is 41.2 Å². The van der Waals surface area contributed by atoms with Crippen LogP contribution in [0.2, 0.25) is 5.15 Å². The Bertz CT molecular complexity index is 945. The molecule has 0 fully saturated rings. The molecule has 13 heteroatoms. The first-order valence-electron chi connectivity index (χ1n) is 8.87. The monoisotopic (exact) mass is 463 g/mol. The number of ether oxygens (including phenoxy) is 2. The van der Waals surface area contributed by atoms with Gasteiger partial charge in [-0.3, -0.25) is 24.6 Å². The predicted octanol–water partition coefficient (Wildman–Crippen LogP) is 2.51. The summed E-state index contributed by atoms with van der Waals surface area (Å²) in [5, 5.41) is -0.500. The van der Waals surface area contributed by atoms with E-state index in [4.69, 9.17) is 21.1 Å². The largest absolute Gasteiger partial charge is 0.465 e. The quantitative estimate of drug-likeness (QED) is 0.284. The third-order valence-electron chi connectivity index (χ3n) is 4.08. The van der Waals surface area contributed by atoms with Gasteiger partial charge >= 0.3 is 18.1 Å². The second kappa shape index (κ2) is 9.33. The molecule has 1 N–H and O–H groups in total. The number of halogens is 4. The molecule has 0 atom stereocenters. The summed E-state index contributed by atoms with van der Waals surface area (Å²) < 4.78 is 48.1. The van der Waals surface area contributed by atoms with E-state index in [2.05, 4.69) is 10.4 Å². The first-order valence-corrected chi connectivity index (χ1v) is 9.24. The number of nitrogens with one attached hydrogen (secondary N) is 1. The summed E-state index contributed by atoms with van der Waals surface area (Å²) in [6, 6.07) is 1.47. The minimum atomic E-state index is -4.75. The van der Waals surface area contributed by atoms with Crippen LogP contribution in [0.4, 0.5) is 19.0 Å². The van der Waals surface area contributed by atoms with E-state index in [0.717, 1.165) is 6.07 Å². The minimum absolute atomic E-state index is 0.0981. The molecule has 1 aliphatic heterocycles. The van der Waals surface area contributed by atoms with Crippen molar-refractivity contribution in [2.24, 2.45) is 5.92 Å². The molecule has 0 spiro atoms. The van der Waals surface area contributed by atoms with Crippen LogP contribution in [0, 0.1) is 5.92 Å². The number of alkyl halides is 3. The zero-order chi connectivity index (χ0) is 23.5. The van der Waals surface area contributed by atoms with E-state index in [0.29, 0.717) is 11.1 Å². The summed E-state index contributed by atoms with van der Waals surface area (Å²) in [6.45, 7) is 3.97. The Labute approximate surface area is 179 Å². The molecule has 1 aromatic heterocycles. The number of carbonyl (C=O) groups excluding carboxylic acids is 4. The van der Waals surface area contributed by atoms with Gasteiger partial charge in [-0.25, -0.2) is 4.98 Å². The summed E-state index contributed by atoms with van der Waals surface area (Å²) >= 11 is 5.54. The van der Waals surface area contributed by atoms with Crippen molar-refractivity contribution in [3.05, 3.63) is 34.0 Å². The Morgan fingerprint density at radius 3 is 2.13 bits per heavy atom. The Hall–Kier alpha value is -3.15. The van der Waals surface area contributed by atoms with Crippen LogP contribution in [0.15, 0.2) is 23.3 Å². The van der Waals surface area contributed by atoms with Gasteiger partial charge in [0, 0.05) is 5.57 Å². The molecule has 0 unspecified atom stereocenters. The lowest BCUT2D eigenvalue weighted by molar-refractivity contribution is -0.160. The van der Waals surface area contributed by atoms with Gasteiger partial charge in [-0.1, -0.05) is 11.6 Å². The third kappa shape index (κ3) is 4.95. The number of amides is 2. The van der Waals surface area contributed by atoms with Gasteiger partial charge in [0.25, 0.3) is 11.8 Å². The summed E-state index contributed by atoms with van der Waals surface area (Å²) in [5.74, 6) is -6.38. The summed E-state index contributed by atoms with van der Waals surface area (Å²) in [6.07, 6.45) is -4.75. The minimum Gasteiger partial charge on any atom is -0.465 e. The number of hydrogen-bond donors (Lipinski definition) is 1. The van der Waals surface area contributed by atoms with Crippen LogP contribution in [0.25, 0.3) is 0 Å². The van der Waals surface area contributed by atoms with Crippen LogP contribution >= 0.6 is 11.6 Å². The van der Waals surface area contributed by atoms with Gasteiger partial charge in [0.15, 0.2) is 5.92 Å². The Morgan fingerprint density at radius 2 is 1.68 bits per heavy atom. The van der Waals surface area contributed by atoms with E-state index in [9.17, 15) is 32.3 Å². The number of imide groups is 1. The van der Waals surface area contributed by atoms with Gasteiger partial charge in [-0.05, 0) is 32.9 Å². The topological polar surface area (TPSA) is 115 Å². The van der Waals surface area contributed by atoms with E-state index >= 15 is 0 Å². The van der Waals surface area contributed by atoms with Gasteiger partial charge in [0.1, 0.15) is 11.0 Å². The van der Waals surface area contributed by atoms with E-state index in [-0.39, 0.29) is 24.6 Å². The Balaban J connectivity index is 2.36. The highest BCUT2D eigenvalue weighted by Gasteiger charge is 2.47. The van der Waals surface area contributed by atoms with Gasteiger partial charge in [-0.2, -0.15) is 18.2 Å². The van der Waals surface area contributed by atoms with Crippen LogP contribution < -0.4 is 5.43 Å². The molecule has 0 aliphatic carbocycles. The summed E-state index contributed by atoms with van der Waals surface area (Å²) in [7, 11) is 0. The summed E-state index contributed by atoms with van der Waals surface area (Å²) in [4.78, 5) is 53.4. The molecular formula is C18H17ClF3N3O6. The lowest BCUT2D eigenvalue weighted by Crippen LogP contribution is -2.40. The maximum Gasteiger partial charge on any atom is 0.419 e. The fourth-order valence-electron chi connectivity index (χ4n) is 2.70. The van der Waals surface area contributed by atoms with Crippen molar-refractivity contribution in [2.75, 3.05) is 18.6 Å². The first kappa shape index (κ1) is 24.1. The number of hydrazine groups is 1. The zero-order valence-electron chi connectivity index (χ0n) is 16.5. The maximum absolute atomic E-state index is 12.8. The van der Waals surface area contributed by atoms with Crippen molar-refractivity contribution in [3.8, 4) is 0 Å². The van der Waals surface area contributed by atoms with Crippen molar-refractivity contribution < 1.29 is 41.8 Å². The molecule has 2 heterocycles. The van der Waals surface area contributed by atoms with Gasteiger partial charge in [0.05, 0.1) is 24.4 Å². The van der Waals surface area contributed by atoms with Gasteiger partial charge in [-0.15, -0.1) is 0 Å². The number of pyridine rings is 1. The molecule has 2 rings (SSSR count). The van der Waals surface area contributed by atoms with Gasteiger partial charge in [0.2, 0.25) is 0 Å². The average Bonchev–Trinajstić information content (AvgIpc) is 2.86. The normalized spacial score (nSPS) is 14.4. The molecular weight excluding hydrogens is 447 g/mol. The van der Waals surface area contributed by atoms with Crippen molar-refractivity contribution in [1.82, 2.24) is 9.99 Å². The molecule has 31 heavy (non-hydrogen) atoms. The molecule has 0 aromatic carbocycles. The second-order valence-corrected chi connectivity index (χ2v) is 6.42. The molecule has 1 aliphatic rings. The van der Waals surface area contributed by atoms with Crippen LogP contribution in [-0.2, 0) is 34.8 Å². The summed E-state index contributed by atoms with van der Waals surface area (Å²) in [5.41, 5.74) is 0.305. The lowest BCUT2D eigenvalue weighted by Gasteiger charge is -2.19. The number of esters is 2. The van der Waals surface area contributed by atoms with E-state index < -0.39 is 52.1 Å². The number of rotatable bonds is 7. The average molecular weight is 464 g/mol. The highest BCUT2D eigenvalue weighted by molar-refractivity contribution is 6.30. The van der Waals surface area contributed by atoms with Crippen molar-refractivity contribution in [3.63, 3.8) is 0 Å². The standard InChI is InChI=1S/C18H17ClF3N3O6/c1-4-30-16(28)12(17(29)31-5-2)11-8(3)14(26)25(15(11)27)24-10-7-6-9(13(19)23-10)18(20,21)22/h6-7,12H,4-5H2,1-3H3,(H,23,24). The van der Waals surface area contributed by atoms with E-state index in [1.807, 2.05) is 0 Å². The Morgan fingerprint density at radius 1 is 1.13 bits per heavy atom. The molecule has 0 saturated carbocycles. The number of aromatic nitrogens is 1. The molecule has 168 valence electrons. The molecule has 9 nitrogen and oxygen atoms in total. The van der Waals surface area contributed by atoms with Crippen LogP contribution in [-0.4, -0.2) is 47.0 Å². The van der Waals surface area contributed by atoms with Crippen LogP contribution in [0.1, 0.15) is 26.3 Å². The molecule has 1 aromatic rings. The number of carbonyl (C=O) groups is 4. The molecule has 0 saturated heterocycles. The van der Waals surface area contributed by atoms with Crippen LogP contribution in [0.3, 0.4) is 0 Å². The highest BCUT2D eigenvalue weighted by atomic mass is 35.5. The highest BCUT2D eigenvalue weighted by Crippen LogP contribution is 2.35. The zero-order valence-corrected chi connectivity index (χ0v) is 17.3.